The van der Waals surface area contributed by atoms with Crippen molar-refractivity contribution in [2.24, 2.45) is 11.8 Å². The van der Waals surface area contributed by atoms with Gasteiger partial charge in [-0.3, -0.25) is 4.79 Å². The van der Waals surface area contributed by atoms with Gasteiger partial charge in [-0.25, -0.2) is 0 Å². The molecule has 0 saturated carbocycles. The first-order valence-corrected chi connectivity index (χ1v) is 4.49. The summed E-state index contributed by atoms with van der Waals surface area (Å²) in [5.74, 6) is 0.642. The molecule has 1 unspecified atom stereocenters. The Kier molecular flexibility index (Phi) is 2.73. The van der Waals surface area contributed by atoms with Gasteiger partial charge in [-0.05, 0) is 5.92 Å². The minimum absolute atomic E-state index is 0.0810. The van der Waals surface area contributed by atoms with Crippen LogP contribution in [0.4, 0.5) is 0 Å². The van der Waals surface area contributed by atoms with Gasteiger partial charge < -0.3 is 10.0 Å². The first-order valence-electron chi connectivity index (χ1n) is 4.49. The number of hydrogen-bond acceptors (Lipinski definition) is 2. The van der Waals surface area contributed by atoms with Gasteiger partial charge in [0.05, 0.1) is 6.10 Å². The highest BCUT2D eigenvalue weighted by atomic mass is 16.3. The summed E-state index contributed by atoms with van der Waals surface area (Å²) in [6, 6.07) is 0. The molecule has 1 aliphatic rings. The third-order valence-electron chi connectivity index (χ3n) is 2.56. The van der Waals surface area contributed by atoms with Gasteiger partial charge in [0.2, 0.25) is 5.91 Å². The monoisotopic (exact) mass is 171 g/mol. The smallest absolute Gasteiger partial charge is 0.225 e. The van der Waals surface area contributed by atoms with Gasteiger partial charge in [0.15, 0.2) is 0 Å². The number of carbonyl (C=O) groups excluding carboxylic acids is 1. The second-order valence-corrected chi connectivity index (χ2v) is 3.93. The van der Waals surface area contributed by atoms with Gasteiger partial charge in [0.25, 0.3) is 0 Å². The molecule has 3 nitrogen and oxygen atoms in total. The van der Waals surface area contributed by atoms with Crippen LogP contribution >= 0.6 is 0 Å². The van der Waals surface area contributed by atoms with Crippen LogP contribution in [-0.4, -0.2) is 35.1 Å². The average Bonchev–Trinajstić information content (AvgIpc) is 1.95. The van der Waals surface area contributed by atoms with Crippen LogP contribution in [-0.2, 0) is 4.79 Å². The van der Waals surface area contributed by atoms with Crippen molar-refractivity contribution in [1.82, 2.24) is 4.90 Å². The number of hydrogen-bond donors (Lipinski definition) is 1. The summed E-state index contributed by atoms with van der Waals surface area (Å²) in [5.41, 5.74) is 0. The van der Waals surface area contributed by atoms with E-state index in [1.807, 2.05) is 20.8 Å². The summed E-state index contributed by atoms with van der Waals surface area (Å²) in [5, 5.41) is 8.99. The first kappa shape index (κ1) is 9.52. The van der Waals surface area contributed by atoms with Crippen LogP contribution in [0.5, 0.6) is 0 Å². The summed E-state index contributed by atoms with van der Waals surface area (Å²) >= 11 is 0. The molecular weight excluding hydrogens is 154 g/mol. The molecule has 0 radical (unpaired) electrons. The lowest BCUT2D eigenvalue weighted by Gasteiger charge is -2.38. The quantitative estimate of drug-likeness (QED) is 0.656. The van der Waals surface area contributed by atoms with Gasteiger partial charge >= 0.3 is 0 Å². The third kappa shape index (κ3) is 1.78. The Hall–Kier alpha value is -0.570. The second-order valence-electron chi connectivity index (χ2n) is 3.93. The molecule has 0 bridgehead atoms. The van der Waals surface area contributed by atoms with Gasteiger partial charge in [0, 0.05) is 19.0 Å². The zero-order valence-corrected chi connectivity index (χ0v) is 7.95. The lowest BCUT2D eigenvalue weighted by atomic mass is 9.95. The third-order valence-corrected chi connectivity index (χ3v) is 2.56. The molecular formula is C9H17NO2. The first-order chi connectivity index (χ1) is 5.52. The Morgan fingerprint density at radius 1 is 1.42 bits per heavy atom. The maximum absolute atomic E-state index is 11.5. The van der Waals surface area contributed by atoms with Crippen LogP contribution in [0.2, 0.25) is 0 Å². The van der Waals surface area contributed by atoms with Crippen LogP contribution in [0.15, 0.2) is 0 Å². The summed E-state index contributed by atoms with van der Waals surface area (Å²) < 4.78 is 0. The van der Waals surface area contributed by atoms with E-state index in [9.17, 15) is 4.79 Å². The van der Waals surface area contributed by atoms with Crippen LogP contribution in [0.1, 0.15) is 20.8 Å². The molecule has 1 atom stereocenters. The van der Waals surface area contributed by atoms with Gasteiger partial charge in [-0.15, -0.1) is 0 Å². The highest BCUT2D eigenvalue weighted by Gasteiger charge is 2.32. The van der Waals surface area contributed by atoms with E-state index < -0.39 is 0 Å². The van der Waals surface area contributed by atoms with Crippen molar-refractivity contribution >= 4 is 5.91 Å². The summed E-state index contributed by atoms with van der Waals surface area (Å²) in [7, 11) is 0. The molecule has 1 fully saturated rings. The standard InChI is InChI=1S/C9H17NO2/c1-6(2)7(3)9(12)10-4-8(11)5-10/h6-8,11H,4-5H2,1-3H3. The van der Waals surface area contributed by atoms with E-state index in [-0.39, 0.29) is 17.9 Å². The normalized spacial score (nSPS) is 20.9. The molecule has 0 aliphatic carbocycles. The number of aliphatic hydroxyl groups is 1. The summed E-state index contributed by atoms with van der Waals surface area (Å²) in [6.45, 7) is 7.07. The second kappa shape index (κ2) is 3.44. The molecule has 0 aromatic rings. The van der Waals surface area contributed by atoms with Crippen molar-refractivity contribution in [1.29, 1.82) is 0 Å². The molecule has 12 heavy (non-hydrogen) atoms. The van der Waals surface area contributed by atoms with Crippen molar-refractivity contribution in [3.05, 3.63) is 0 Å². The van der Waals surface area contributed by atoms with E-state index in [0.717, 1.165) is 0 Å². The Balaban J connectivity index is 2.38. The van der Waals surface area contributed by atoms with Crippen LogP contribution in [0, 0.1) is 11.8 Å². The number of likely N-dealkylation sites (tertiary alicyclic amines) is 1. The fourth-order valence-corrected chi connectivity index (χ4v) is 1.21. The lowest BCUT2D eigenvalue weighted by Crippen LogP contribution is -2.55. The van der Waals surface area contributed by atoms with E-state index in [4.69, 9.17) is 5.11 Å². The highest BCUT2D eigenvalue weighted by Crippen LogP contribution is 2.17. The van der Waals surface area contributed by atoms with Crippen LogP contribution in [0.3, 0.4) is 0 Å². The number of nitrogens with zero attached hydrogens (tertiary/aromatic N) is 1. The van der Waals surface area contributed by atoms with Crippen molar-refractivity contribution in [2.45, 2.75) is 26.9 Å². The topological polar surface area (TPSA) is 40.5 Å². The van der Waals surface area contributed by atoms with Crippen LogP contribution < -0.4 is 0 Å². The largest absolute Gasteiger partial charge is 0.389 e. The highest BCUT2D eigenvalue weighted by molar-refractivity contribution is 5.79. The molecule has 0 spiro atoms. The fourth-order valence-electron chi connectivity index (χ4n) is 1.21. The summed E-state index contributed by atoms with van der Waals surface area (Å²) in [4.78, 5) is 13.2. The van der Waals surface area contributed by atoms with Gasteiger partial charge in [-0.1, -0.05) is 20.8 Å². The van der Waals surface area contributed by atoms with Gasteiger partial charge in [0.1, 0.15) is 0 Å². The molecule has 1 saturated heterocycles. The molecule has 3 heteroatoms. The minimum atomic E-state index is -0.284. The maximum atomic E-state index is 11.5. The fraction of sp³-hybridized carbons (Fsp3) is 0.889. The van der Waals surface area contributed by atoms with Crippen molar-refractivity contribution in [2.75, 3.05) is 13.1 Å². The SMILES string of the molecule is CC(C)C(C)C(=O)N1CC(O)C1. The molecule has 1 heterocycles. The number of β-amino-alcohol motifs (C(OH)–C–C–N with tert-alkyl or cyclic N) is 1. The summed E-state index contributed by atoms with van der Waals surface area (Å²) in [6.07, 6.45) is -0.284. The Morgan fingerprint density at radius 3 is 2.25 bits per heavy atom. The number of amides is 1. The number of carbonyl (C=O) groups is 1. The molecule has 0 aromatic carbocycles. The van der Waals surface area contributed by atoms with E-state index in [0.29, 0.717) is 19.0 Å². The van der Waals surface area contributed by atoms with Crippen LogP contribution in [0.25, 0.3) is 0 Å². The molecule has 1 amide bonds. The zero-order valence-electron chi connectivity index (χ0n) is 7.95. The van der Waals surface area contributed by atoms with Gasteiger partial charge in [-0.2, -0.15) is 0 Å². The Labute approximate surface area is 73.4 Å². The number of rotatable bonds is 2. The zero-order chi connectivity index (χ0) is 9.30. The Morgan fingerprint density at radius 2 is 1.92 bits per heavy atom. The van der Waals surface area contributed by atoms with Crippen molar-refractivity contribution in [3.8, 4) is 0 Å². The van der Waals surface area contributed by atoms with Crippen molar-refractivity contribution < 1.29 is 9.90 Å². The number of aliphatic hydroxyl groups excluding tert-OH is 1. The van der Waals surface area contributed by atoms with Crippen molar-refractivity contribution in [3.63, 3.8) is 0 Å². The molecule has 1 aliphatic heterocycles. The minimum Gasteiger partial charge on any atom is -0.389 e. The molecule has 0 aromatic heterocycles. The molecule has 70 valence electrons. The predicted octanol–water partition coefficient (Wildman–Crippen LogP) is 0.482. The maximum Gasteiger partial charge on any atom is 0.225 e. The molecule has 1 N–H and O–H groups in total. The Bertz CT molecular complexity index is 173. The predicted molar refractivity (Wildman–Crippen MR) is 46.6 cm³/mol. The average molecular weight is 171 g/mol. The van der Waals surface area contributed by atoms with E-state index in [1.54, 1.807) is 4.90 Å². The van der Waals surface area contributed by atoms with E-state index in [1.165, 1.54) is 0 Å². The van der Waals surface area contributed by atoms with E-state index >= 15 is 0 Å². The van der Waals surface area contributed by atoms with E-state index in [2.05, 4.69) is 0 Å². The molecule has 1 rings (SSSR count). The lowest BCUT2D eigenvalue weighted by molar-refractivity contribution is -0.146.